The fraction of sp³-hybridized carbons (Fsp3) is 0.235. The van der Waals surface area contributed by atoms with E-state index in [0.29, 0.717) is 26.1 Å². The monoisotopic (exact) mass is 282 g/mol. The molecule has 2 aromatic carbocycles. The summed E-state index contributed by atoms with van der Waals surface area (Å²) in [6.45, 7) is 1.57. The molecular formula is C17H18N2O2. The summed E-state index contributed by atoms with van der Waals surface area (Å²) >= 11 is 0. The normalized spacial score (nSPS) is 13.5. The maximum atomic E-state index is 12.5. The zero-order chi connectivity index (χ0) is 14.7. The van der Waals surface area contributed by atoms with Crippen molar-refractivity contribution in [2.24, 2.45) is 5.73 Å². The molecule has 0 radical (unpaired) electrons. The van der Waals surface area contributed by atoms with E-state index in [4.69, 9.17) is 10.5 Å². The van der Waals surface area contributed by atoms with Gasteiger partial charge in [-0.25, -0.2) is 0 Å². The summed E-state index contributed by atoms with van der Waals surface area (Å²) in [7, 11) is 0. The molecule has 0 atom stereocenters. The summed E-state index contributed by atoms with van der Waals surface area (Å²) in [5.41, 5.74) is 8.50. The topological polar surface area (TPSA) is 55.6 Å². The number of nitrogens with zero attached hydrogens (tertiary/aromatic N) is 1. The molecule has 0 saturated carbocycles. The lowest BCUT2D eigenvalue weighted by molar-refractivity contribution is -0.118. The predicted molar refractivity (Wildman–Crippen MR) is 82.3 cm³/mol. The number of ether oxygens (including phenoxy) is 1. The van der Waals surface area contributed by atoms with Crippen molar-refractivity contribution in [3.63, 3.8) is 0 Å². The van der Waals surface area contributed by atoms with Crippen LogP contribution in [0.3, 0.4) is 0 Å². The second-order valence-electron chi connectivity index (χ2n) is 5.06. The van der Waals surface area contributed by atoms with Crippen LogP contribution < -0.4 is 15.4 Å². The Labute approximate surface area is 124 Å². The SMILES string of the molecule is NCc1ccc2c(c1)OCCN2C(=O)Cc1ccccc1. The highest BCUT2D eigenvalue weighted by Gasteiger charge is 2.23. The molecule has 4 heteroatoms. The summed E-state index contributed by atoms with van der Waals surface area (Å²) < 4.78 is 5.65. The molecule has 2 aromatic rings. The summed E-state index contributed by atoms with van der Waals surface area (Å²) in [5.74, 6) is 0.830. The molecule has 4 nitrogen and oxygen atoms in total. The summed E-state index contributed by atoms with van der Waals surface area (Å²) in [4.78, 5) is 14.3. The Morgan fingerprint density at radius 3 is 2.71 bits per heavy atom. The fourth-order valence-corrected chi connectivity index (χ4v) is 2.52. The highest BCUT2D eigenvalue weighted by molar-refractivity contribution is 5.96. The maximum absolute atomic E-state index is 12.5. The summed E-state index contributed by atoms with van der Waals surface area (Å²) in [6, 6.07) is 15.6. The van der Waals surface area contributed by atoms with Gasteiger partial charge in [0, 0.05) is 6.54 Å². The summed E-state index contributed by atoms with van der Waals surface area (Å²) in [5, 5.41) is 0. The largest absolute Gasteiger partial charge is 0.490 e. The minimum Gasteiger partial charge on any atom is -0.490 e. The average Bonchev–Trinajstić information content (AvgIpc) is 2.54. The van der Waals surface area contributed by atoms with Gasteiger partial charge in [-0.1, -0.05) is 36.4 Å². The van der Waals surface area contributed by atoms with Gasteiger partial charge in [0.15, 0.2) is 0 Å². The molecule has 108 valence electrons. The molecule has 1 heterocycles. The smallest absolute Gasteiger partial charge is 0.231 e. The molecule has 0 unspecified atom stereocenters. The second kappa shape index (κ2) is 5.97. The van der Waals surface area contributed by atoms with Gasteiger partial charge < -0.3 is 15.4 Å². The number of carbonyl (C=O) groups excluding carboxylic acids is 1. The number of amides is 1. The van der Waals surface area contributed by atoms with E-state index in [1.54, 1.807) is 4.90 Å². The van der Waals surface area contributed by atoms with Crippen LogP contribution in [0, 0.1) is 0 Å². The molecule has 2 N–H and O–H groups in total. The van der Waals surface area contributed by atoms with Gasteiger partial charge in [0.05, 0.1) is 18.7 Å². The molecule has 1 aliphatic rings. The number of anilines is 1. The molecular weight excluding hydrogens is 264 g/mol. The Balaban J connectivity index is 1.83. The molecule has 0 spiro atoms. The van der Waals surface area contributed by atoms with Crippen LogP contribution in [0.15, 0.2) is 48.5 Å². The first kappa shape index (κ1) is 13.6. The Hall–Kier alpha value is -2.33. The second-order valence-corrected chi connectivity index (χ2v) is 5.06. The van der Waals surface area contributed by atoms with Crippen molar-refractivity contribution in [3.05, 3.63) is 59.7 Å². The zero-order valence-corrected chi connectivity index (χ0v) is 11.8. The lowest BCUT2D eigenvalue weighted by Crippen LogP contribution is -2.38. The molecule has 3 rings (SSSR count). The number of carbonyl (C=O) groups is 1. The zero-order valence-electron chi connectivity index (χ0n) is 11.8. The third-order valence-electron chi connectivity index (χ3n) is 3.62. The van der Waals surface area contributed by atoms with E-state index in [1.165, 1.54) is 0 Å². The number of hydrogen-bond acceptors (Lipinski definition) is 3. The van der Waals surface area contributed by atoms with Crippen molar-refractivity contribution in [3.8, 4) is 5.75 Å². The van der Waals surface area contributed by atoms with Crippen LogP contribution in [-0.4, -0.2) is 19.1 Å². The van der Waals surface area contributed by atoms with Gasteiger partial charge >= 0.3 is 0 Å². The van der Waals surface area contributed by atoms with E-state index in [0.717, 1.165) is 22.6 Å². The van der Waals surface area contributed by atoms with Gasteiger partial charge in [-0.05, 0) is 23.3 Å². The Morgan fingerprint density at radius 1 is 1.14 bits per heavy atom. The minimum atomic E-state index is 0.0891. The number of rotatable bonds is 3. The molecule has 1 amide bonds. The van der Waals surface area contributed by atoms with Crippen LogP contribution in [0.5, 0.6) is 5.75 Å². The highest BCUT2D eigenvalue weighted by Crippen LogP contribution is 2.32. The molecule has 0 aromatic heterocycles. The van der Waals surface area contributed by atoms with Crippen LogP contribution in [-0.2, 0) is 17.8 Å². The van der Waals surface area contributed by atoms with Gasteiger partial charge in [0.2, 0.25) is 5.91 Å². The van der Waals surface area contributed by atoms with Crippen LogP contribution >= 0.6 is 0 Å². The van der Waals surface area contributed by atoms with E-state index < -0.39 is 0 Å². The van der Waals surface area contributed by atoms with E-state index >= 15 is 0 Å². The lowest BCUT2D eigenvalue weighted by atomic mass is 10.1. The molecule has 21 heavy (non-hydrogen) atoms. The molecule has 1 aliphatic heterocycles. The molecule has 0 fully saturated rings. The van der Waals surface area contributed by atoms with Crippen molar-refractivity contribution in [1.82, 2.24) is 0 Å². The Bertz CT molecular complexity index is 640. The quantitative estimate of drug-likeness (QED) is 0.938. The van der Waals surface area contributed by atoms with E-state index in [9.17, 15) is 4.79 Å². The van der Waals surface area contributed by atoms with Gasteiger partial charge in [0.25, 0.3) is 0 Å². The van der Waals surface area contributed by atoms with Crippen molar-refractivity contribution in [2.75, 3.05) is 18.1 Å². The number of benzene rings is 2. The number of hydrogen-bond donors (Lipinski definition) is 1. The van der Waals surface area contributed by atoms with Crippen LogP contribution in [0.2, 0.25) is 0 Å². The molecule has 0 saturated heterocycles. The maximum Gasteiger partial charge on any atom is 0.231 e. The first-order chi connectivity index (χ1) is 10.3. The third kappa shape index (κ3) is 2.90. The van der Waals surface area contributed by atoms with Crippen molar-refractivity contribution >= 4 is 11.6 Å². The van der Waals surface area contributed by atoms with Gasteiger partial charge in [-0.3, -0.25) is 4.79 Å². The highest BCUT2D eigenvalue weighted by atomic mass is 16.5. The van der Waals surface area contributed by atoms with Gasteiger partial charge in [-0.15, -0.1) is 0 Å². The molecule has 0 aliphatic carbocycles. The average molecular weight is 282 g/mol. The number of nitrogens with two attached hydrogens (primary N) is 1. The first-order valence-corrected chi connectivity index (χ1v) is 7.08. The third-order valence-corrected chi connectivity index (χ3v) is 3.62. The van der Waals surface area contributed by atoms with Crippen LogP contribution in [0.25, 0.3) is 0 Å². The minimum absolute atomic E-state index is 0.0891. The van der Waals surface area contributed by atoms with Crippen molar-refractivity contribution in [1.29, 1.82) is 0 Å². The van der Waals surface area contributed by atoms with Gasteiger partial charge in [0.1, 0.15) is 12.4 Å². The fourth-order valence-electron chi connectivity index (χ4n) is 2.52. The van der Waals surface area contributed by atoms with Crippen LogP contribution in [0.4, 0.5) is 5.69 Å². The number of fused-ring (bicyclic) bond motifs is 1. The van der Waals surface area contributed by atoms with E-state index in [-0.39, 0.29) is 5.91 Å². The lowest BCUT2D eigenvalue weighted by Gasteiger charge is -2.30. The first-order valence-electron chi connectivity index (χ1n) is 7.08. The van der Waals surface area contributed by atoms with Crippen molar-refractivity contribution < 1.29 is 9.53 Å². The van der Waals surface area contributed by atoms with Crippen molar-refractivity contribution in [2.45, 2.75) is 13.0 Å². The van der Waals surface area contributed by atoms with E-state index in [1.807, 2.05) is 48.5 Å². The summed E-state index contributed by atoms with van der Waals surface area (Å²) in [6.07, 6.45) is 0.402. The molecule has 0 bridgehead atoms. The predicted octanol–water partition coefficient (Wildman–Crippen LogP) is 2.11. The van der Waals surface area contributed by atoms with E-state index in [2.05, 4.69) is 0 Å². The Morgan fingerprint density at radius 2 is 1.95 bits per heavy atom. The van der Waals surface area contributed by atoms with Gasteiger partial charge in [-0.2, -0.15) is 0 Å². The standard InChI is InChI=1S/C17H18N2O2/c18-12-14-6-7-15-16(10-14)21-9-8-19(15)17(20)11-13-4-2-1-3-5-13/h1-7,10H,8-9,11-12,18H2. The van der Waals surface area contributed by atoms with Crippen LogP contribution in [0.1, 0.15) is 11.1 Å². The Kier molecular flexibility index (Phi) is 3.88.